The van der Waals surface area contributed by atoms with Crippen molar-refractivity contribution in [1.29, 1.82) is 0 Å². The minimum Gasteiger partial charge on any atom is -0.508 e. The second-order valence-corrected chi connectivity index (χ2v) is 33.6. The maximum absolute atomic E-state index is 13.6. The van der Waals surface area contributed by atoms with Crippen LogP contribution in [0, 0.1) is 20.8 Å². The maximum Gasteiger partial charge on any atom is 0.411 e. The number of para-hydroxylation sites is 2. The molecule has 730 valence electrons. The molecule has 0 aliphatic heterocycles. The summed E-state index contributed by atoms with van der Waals surface area (Å²) in [6.45, 7) is 21.7. The van der Waals surface area contributed by atoms with Gasteiger partial charge in [-0.25, -0.2) is 0 Å². The molecule has 0 aliphatic carbocycles. The van der Waals surface area contributed by atoms with Crippen molar-refractivity contribution < 1.29 is 139 Å². The molecule has 0 saturated heterocycles. The molecule has 0 aromatic heterocycles. The van der Waals surface area contributed by atoms with E-state index >= 15 is 0 Å². The number of hydrogen-bond acceptors (Lipinski definition) is 22. The molecule has 0 aliphatic rings. The van der Waals surface area contributed by atoms with E-state index in [0.29, 0.717) is 46.2 Å². The zero-order valence-electron chi connectivity index (χ0n) is 77.5. The fourth-order valence-corrected chi connectivity index (χ4v) is 12.8. The number of alkyl halides is 6. The summed E-state index contributed by atoms with van der Waals surface area (Å²) in [6, 6.07) is 86.5. The van der Waals surface area contributed by atoms with Crippen molar-refractivity contribution in [2.45, 2.75) is 110 Å². The smallest absolute Gasteiger partial charge is 0.411 e. The van der Waals surface area contributed by atoms with E-state index in [1.165, 1.54) is 97.1 Å². The van der Waals surface area contributed by atoms with Gasteiger partial charge in [-0.1, -0.05) is 207 Å². The monoisotopic (exact) mass is 1910 g/mol. The lowest BCUT2D eigenvalue weighted by Crippen LogP contribution is -2.54. The Morgan fingerprint density at radius 2 is 0.489 bits per heavy atom. The van der Waals surface area contributed by atoms with Crippen LogP contribution in [0.2, 0.25) is 0 Å². The van der Waals surface area contributed by atoms with E-state index in [1.807, 2.05) is 118 Å². The first-order valence-corrected chi connectivity index (χ1v) is 42.4. The largest absolute Gasteiger partial charge is 0.508 e. The van der Waals surface area contributed by atoms with Crippen LogP contribution >= 0.6 is 0 Å². The van der Waals surface area contributed by atoms with Crippen molar-refractivity contribution in [3.8, 4) is 149 Å². The van der Waals surface area contributed by atoms with Crippen molar-refractivity contribution in [1.82, 2.24) is 0 Å². The highest BCUT2D eigenvalue weighted by atomic mass is 19.4. The third-order valence-corrected chi connectivity index (χ3v) is 20.9. The first-order valence-electron chi connectivity index (χ1n) is 42.4. The van der Waals surface area contributed by atoms with Gasteiger partial charge in [-0.15, -0.1) is 0 Å². The van der Waals surface area contributed by atoms with E-state index < -0.39 is 40.4 Å². The normalized spacial score (nSPS) is 10.8. The Morgan fingerprint density at radius 1 is 0.194 bits per heavy atom. The number of fused-ring (bicyclic) bond motifs is 1. The minimum absolute atomic E-state index is 0.00514. The number of hydrogen-bond donors (Lipinski definition) is 22. The Bertz CT molecular complexity index is 6250. The van der Waals surface area contributed by atoms with E-state index in [2.05, 4.69) is 34.6 Å². The molecule has 16 rings (SSSR count). The first kappa shape index (κ1) is 111. The van der Waals surface area contributed by atoms with E-state index in [9.17, 15) is 82.5 Å². The standard InChI is InChI=1S/C15H10F6O2.C15H16O2.2C12H10O2.C10H8O2.2C10H14O2.C9H12O2.3C6H6O2/c16-14(17,18)13(15(19,20)21,9-1-5-11(22)6-2-9)10-3-7-12(23)8-4-10;1-15(2,11-3-7-13(16)8-4-11)12-5-9-14(17)10-6-12;13-11-5-1-9(2-6-11)10-3-7-12(14)8-4-10;13-10-6-7-12(14)11(8-10)9-4-2-1-3-5-9;11-9-5-6-10(12)8-4-2-1-3-7(8)9;1-10(2,3)8-6-7(11)4-5-9(8)12;1-10(2,3)7-4-5-8(11)9(12)6-7;1-5-4-8(10)6(2)7(3)9(5)11;7-5-1-2-6(8)4-3-5;7-5-2-1-3-6(8)4-5;7-5-3-1-2-4-6(5)8/h1-8,22-23H;3-10,16-17H,1-2H3;2*1-8,13-14H;1-6,11-12H;2*4-6,11-12H,1-3H3;4,10-11H,1-3H3;3*1-4,7-8H. The van der Waals surface area contributed by atoms with E-state index in [1.54, 1.807) is 124 Å². The highest BCUT2D eigenvalue weighted by molar-refractivity contribution is 5.92. The van der Waals surface area contributed by atoms with Gasteiger partial charge in [0, 0.05) is 33.4 Å². The summed E-state index contributed by atoms with van der Waals surface area (Å²) in [7, 11) is 0. The number of benzene rings is 16. The van der Waals surface area contributed by atoms with Crippen LogP contribution in [0.25, 0.3) is 33.0 Å². The van der Waals surface area contributed by atoms with Crippen LogP contribution < -0.4 is 0 Å². The molecule has 0 heterocycles. The second kappa shape index (κ2) is 49.8. The summed E-state index contributed by atoms with van der Waals surface area (Å²) in [5.74, 6) is 2.06. The third kappa shape index (κ3) is 33.2. The minimum atomic E-state index is -5.70. The molecule has 0 saturated carbocycles. The lowest BCUT2D eigenvalue weighted by atomic mass is 9.73. The van der Waals surface area contributed by atoms with Gasteiger partial charge in [-0.05, 0) is 281 Å². The summed E-state index contributed by atoms with van der Waals surface area (Å²) in [5, 5.41) is 202. The van der Waals surface area contributed by atoms with Crippen molar-refractivity contribution in [2.75, 3.05) is 0 Å². The van der Waals surface area contributed by atoms with Gasteiger partial charge in [-0.2, -0.15) is 26.3 Å². The van der Waals surface area contributed by atoms with Crippen molar-refractivity contribution in [3.63, 3.8) is 0 Å². The molecule has 0 atom stereocenters. The number of aromatic hydroxyl groups is 22. The Hall–Kier alpha value is -17.0. The Morgan fingerprint density at radius 3 is 0.820 bits per heavy atom. The molecule has 16 aromatic rings. The molecule has 0 unspecified atom stereocenters. The molecule has 139 heavy (non-hydrogen) atoms. The van der Waals surface area contributed by atoms with Gasteiger partial charge >= 0.3 is 12.4 Å². The summed E-state index contributed by atoms with van der Waals surface area (Å²) in [6.07, 6.45) is -11.4. The fourth-order valence-electron chi connectivity index (χ4n) is 12.8. The van der Waals surface area contributed by atoms with E-state index in [4.69, 9.17) is 56.2 Å². The number of phenols is 22. The molecular weight excluding hydrogens is 1800 g/mol. The lowest BCUT2D eigenvalue weighted by molar-refractivity contribution is -0.288. The van der Waals surface area contributed by atoms with Crippen LogP contribution in [0.5, 0.6) is 126 Å². The molecular formula is C111H112F6O22. The quantitative estimate of drug-likeness (QED) is 0.0418. The van der Waals surface area contributed by atoms with Gasteiger partial charge in [0.05, 0.1) is 0 Å². The zero-order chi connectivity index (χ0) is 104. The summed E-state index contributed by atoms with van der Waals surface area (Å²) >= 11 is 0. The van der Waals surface area contributed by atoms with Crippen LogP contribution in [0.3, 0.4) is 0 Å². The Balaban J connectivity index is 0.000000238. The molecule has 0 amide bonds. The van der Waals surface area contributed by atoms with Crippen LogP contribution in [-0.4, -0.2) is 125 Å². The number of halogens is 6. The molecule has 0 radical (unpaired) electrons. The van der Waals surface area contributed by atoms with Gasteiger partial charge in [0.25, 0.3) is 0 Å². The average Bonchev–Trinajstić information content (AvgIpc) is 0.714. The van der Waals surface area contributed by atoms with E-state index in [-0.39, 0.29) is 131 Å². The summed E-state index contributed by atoms with van der Waals surface area (Å²) in [5.41, 5.74) is 3.08. The second-order valence-electron chi connectivity index (χ2n) is 33.6. The SMILES string of the molecule is CC(C)(C)c1cc(O)ccc1O.CC(C)(C)c1ccc(O)c(O)c1.CC(C)(c1ccc(O)cc1)c1ccc(O)cc1.Cc1cc(O)c(C)c(C)c1O.Oc1ccc(-c2ccc(O)cc2)cc1.Oc1ccc(C(c2ccc(O)cc2)(C(F)(F)F)C(F)(F)F)cc1.Oc1ccc(O)c(-c2ccccc2)c1.Oc1ccc(O)c2ccccc12.Oc1ccc(O)cc1.Oc1cccc(O)c1.Oc1ccccc1O. The van der Waals surface area contributed by atoms with Gasteiger partial charge in [0.1, 0.15) is 103 Å². The topological polar surface area (TPSA) is 445 Å². The molecule has 0 spiro atoms. The van der Waals surface area contributed by atoms with Gasteiger partial charge in [0.2, 0.25) is 5.41 Å². The van der Waals surface area contributed by atoms with Crippen LogP contribution in [0.4, 0.5) is 26.3 Å². The van der Waals surface area contributed by atoms with E-state index in [0.717, 1.165) is 74.3 Å². The van der Waals surface area contributed by atoms with Crippen LogP contribution in [0.15, 0.2) is 346 Å². The molecule has 0 fully saturated rings. The number of rotatable bonds is 6. The first-order chi connectivity index (χ1) is 65.0. The fraction of sp³-hybridized carbons (Fsp3) is 0.153. The maximum atomic E-state index is 13.6. The van der Waals surface area contributed by atoms with Crippen LogP contribution in [0.1, 0.15) is 105 Å². The van der Waals surface area contributed by atoms with Crippen molar-refractivity contribution in [3.05, 3.63) is 396 Å². The lowest BCUT2D eigenvalue weighted by Gasteiger charge is -2.38. The zero-order valence-corrected chi connectivity index (χ0v) is 77.5. The predicted octanol–water partition coefficient (Wildman–Crippen LogP) is 25.8. The number of aryl methyl sites for hydroxylation is 1. The van der Waals surface area contributed by atoms with Crippen molar-refractivity contribution in [2.24, 2.45) is 0 Å². The molecule has 28 heteroatoms. The summed E-state index contributed by atoms with van der Waals surface area (Å²) in [4.78, 5) is 0. The highest BCUT2D eigenvalue weighted by Gasteiger charge is 2.72. The Labute approximate surface area is 800 Å². The van der Waals surface area contributed by atoms with Gasteiger partial charge < -0.3 is 112 Å². The summed E-state index contributed by atoms with van der Waals surface area (Å²) < 4.78 is 81.6. The molecule has 16 aromatic carbocycles. The number of phenolic OH excluding ortho intramolecular Hbond substituents is 22. The van der Waals surface area contributed by atoms with Crippen LogP contribution in [-0.2, 0) is 21.7 Å². The molecule has 22 nitrogen and oxygen atoms in total. The molecule has 22 N–H and O–H groups in total. The predicted molar refractivity (Wildman–Crippen MR) is 525 cm³/mol. The molecule has 0 bridgehead atoms. The third-order valence-electron chi connectivity index (χ3n) is 20.9. The highest BCUT2D eigenvalue weighted by Crippen LogP contribution is 2.57. The van der Waals surface area contributed by atoms with Gasteiger partial charge in [0.15, 0.2) is 23.0 Å². The Kier molecular flexibility index (Phi) is 39.7. The van der Waals surface area contributed by atoms with Crippen molar-refractivity contribution >= 4 is 10.8 Å². The van der Waals surface area contributed by atoms with Gasteiger partial charge in [-0.3, -0.25) is 0 Å². The average molecular weight is 1910 g/mol.